The fraction of sp³-hybridized carbons (Fsp3) is 0.500. The molecule has 0 saturated carbocycles. The van der Waals surface area contributed by atoms with Crippen molar-refractivity contribution >= 4 is 5.97 Å². The van der Waals surface area contributed by atoms with Crippen molar-refractivity contribution in [3.05, 3.63) is 24.3 Å². The number of rotatable bonds is 5. The highest BCUT2D eigenvalue weighted by Gasteiger charge is 1.88. The maximum Gasteiger partial charge on any atom is 0.328 e. The first-order valence-electron chi connectivity index (χ1n) is 4.19. The van der Waals surface area contributed by atoms with E-state index in [0.717, 1.165) is 18.9 Å². The number of hydrogen-bond acceptors (Lipinski definition) is 1. The molecule has 68 valence electrons. The standard InChI is InChI=1S/C10H16O2/c1-9(2)7-5-3-4-6-8-10(11)12/h3-4,6,8-9H,5,7H2,1-2H3,(H,11,12). The lowest BCUT2D eigenvalue weighted by molar-refractivity contribution is -0.131. The van der Waals surface area contributed by atoms with Gasteiger partial charge in [-0.3, -0.25) is 0 Å². The minimum atomic E-state index is -0.900. The molecule has 2 heteroatoms. The summed E-state index contributed by atoms with van der Waals surface area (Å²) in [7, 11) is 0. The van der Waals surface area contributed by atoms with Gasteiger partial charge in [0.1, 0.15) is 0 Å². The van der Waals surface area contributed by atoms with Crippen molar-refractivity contribution < 1.29 is 9.90 Å². The third-order valence-corrected chi connectivity index (χ3v) is 1.40. The van der Waals surface area contributed by atoms with Crippen LogP contribution in [0.15, 0.2) is 24.3 Å². The Kier molecular flexibility index (Phi) is 6.07. The summed E-state index contributed by atoms with van der Waals surface area (Å²) in [5, 5.41) is 8.24. The second-order valence-electron chi connectivity index (χ2n) is 3.10. The molecule has 0 aliphatic heterocycles. The second kappa shape index (κ2) is 6.65. The third-order valence-electron chi connectivity index (χ3n) is 1.40. The van der Waals surface area contributed by atoms with Gasteiger partial charge in [0.25, 0.3) is 0 Å². The molecular weight excluding hydrogens is 152 g/mol. The van der Waals surface area contributed by atoms with E-state index in [-0.39, 0.29) is 0 Å². The summed E-state index contributed by atoms with van der Waals surface area (Å²) in [6, 6.07) is 0. The molecule has 1 N–H and O–H groups in total. The molecule has 0 spiro atoms. The van der Waals surface area contributed by atoms with Crippen molar-refractivity contribution in [1.82, 2.24) is 0 Å². The van der Waals surface area contributed by atoms with Crippen LogP contribution < -0.4 is 0 Å². The van der Waals surface area contributed by atoms with E-state index in [1.54, 1.807) is 12.2 Å². The molecular formula is C10H16O2. The van der Waals surface area contributed by atoms with Crippen LogP contribution in [-0.2, 0) is 4.79 Å². The zero-order valence-corrected chi connectivity index (χ0v) is 7.66. The molecule has 0 saturated heterocycles. The van der Waals surface area contributed by atoms with Crippen LogP contribution in [0.1, 0.15) is 26.7 Å². The van der Waals surface area contributed by atoms with E-state index in [1.165, 1.54) is 0 Å². The fourth-order valence-electron chi connectivity index (χ4n) is 0.742. The van der Waals surface area contributed by atoms with Gasteiger partial charge in [-0.25, -0.2) is 4.79 Å². The first kappa shape index (κ1) is 11.0. The van der Waals surface area contributed by atoms with Crippen molar-refractivity contribution in [1.29, 1.82) is 0 Å². The first-order valence-corrected chi connectivity index (χ1v) is 4.19. The number of aliphatic carboxylic acids is 1. The molecule has 0 heterocycles. The summed E-state index contributed by atoms with van der Waals surface area (Å²) in [6.45, 7) is 4.34. The zero-order chi connectivity index (χ0) is 9.40. The van der Waals surface area contributed by atoms with E-state index in [2.05, 4.69) is 13.8 Å². The van der Waals surface area contributed by atoms with Gasteiger partial charge >= 0.3 is 5.97 Å². The maximum atomic E-state index is 10.0. The van der Waals surface area contributed by atoms with Crippen LogP contribution in [0.3, 0.4) is 0 Å². The van der Waals surface area contributed by atoms with Gasteiger partial charge in [0.05, 0.1) is 0 Å². The monoisotopic (exact) mass is 168 g/mol. The number of carboxylic acid groups (broad SMARTS) is 1. The maximum absolute atomic E-state index is 10.0. The number of carbonyl (C=O) groups is 1. The molecule has 2 nitrogen and oxygen atoms in total. The third kappa shape index (κ3) is 8.95. The molecule has 0 aliphatic rings. The minimum absolute atomic E-state index is 0.707. The number of hydrogen-bond donors (Lipinski definition) is 1. The topological polar surface area (TPSA) is 37.3 Å². The summed E-state index contributed by atoms with van der Waals surface area (Å²) in [6.07, 6.45) is 8.60. The lowest BCUT2D eigenvalue weighted by Gasteiger charge is -1.97. The molecule has 12 heavy (non-hydrogen) atoms. The van der Waals surface area contributed by atoms with Crippen LogP contribution in [0.4, 0.5) is 0 Å². The molecule has 0 amide bonds. The first-order chi connectivity index (χ1) is 5.63. The average molecular weight is 168 g/mol. The van der Waals surface area contributed by atoms with Gasteiger partial charge in [0, 0.05) is 6.08 Å². The summed E-state index contributed by atoms with van der Waals surface area (Å²) >= 11 is 0. The van der Waals surface area contributed by atoms with Gasteiger partial charge in [-0.15, -0.1) is 0 Å². The molecule has 0 rings (SSSR count). The lowest BCUT2D eigenvalue weighted by Crippen LogP contribution is -1.85. The van der Waals surface area contributed by atoms with E-state index in [0.29, 0.717) is 5.92 Å². The molecule has 0 aromatic carbocycles. The minimum Gasteiger partial charge on any atom is -0.478 e. The van der Waals surface area contributed by atoms with Crippen molar-refractivity contribution in [2.24, 2.45) is 5.92 Å². The van der Waals surface area contributed by atoms with Crippen LogP contribution in [0, 0.1) is 5.92 Å². The summed E-state index contributed by atoms with van der Waals surface area (Å²) in [4.78, 5) is 10.0. The van der Waals surface area contributed by atoms with Gasteiger partial charge in [-0.2, -0.15) is 0 Å². The van der Waals surface area contributed by atoms with Crippen molar-refractivity contribution in [2.45, 2.75) is 26.7 Å². The molecule has 0 aromatic rings. The van der Waals surface area contributed by atoms with Crippen molar-refractivity contribution in [2.75, 3.05) is 0 Å². The SMILES string of the molecule is CC(C)CCC=CC=CC(=O)O. The highest BCUT2D eigenvalue weighted by atomic mass is 16.4. The van der Waals surface area contributed by atoms with E-state index >= 15 is 0 Å². The summed E-state index contributed by atoms with van der Waals surface area (Å²) in [5.41, 5.74) is 0. The molecule has 0 atom stereocenters. The Balaban J connectivity index is 3.44. The van der Waals surface area contributed by atoms with Crippen molar-refractivity contribution in [3.8, 4) is 0 Å². The van der Waals surface area contributed by atoms with Crippen LogP contribution in [-0.4, -0.2) is 11.1 Å². The highest BCUT2D eigenvalue weighted by molar-refractivity contribution is 5.80. The highest BCUT2D eigenvalue weighted by Crippen LogP contribution is 2.03. The van der Waals surface area contributed by atoms with Gasteiger partial charge in [0.15, 0.2) is 0 Å². The van der Waals surface area contributed by atoms with Crippen LogP contribution >= 0.6 is 0 Å². The quantitative estimate of drug-likeness (QED) is 0.506. The second-order valence-corrected chi connectivity index (χ2v) is 3.10. The Morgan fingerprint density at radius 2 is 2.08 bits per heavy atom. The van der Waals surface area contributed by atoms with Gasteiger partial charge in [0.2, 0.25) is 0 Å². The summed E-state index contributed by atoms with van der Waals surface area (Å²) in [5.74, 6) is -0.193. The Bertz CT molecular complexity index is 178. The van der Waals surface area contributed by atoms with Crippen LogP contribution in [0.2, 0.25) is 0 Å². The van der Waals surface area contributed by atoms with E-state index in [9.17, 15) is 4.79 Å². The molecule has 0 radical (unpaired) electrons. The Labute approximate surface area is 73.6 Å². The lowest BCUT2D eigenvalue weighted by atomic mass is 10.1. The predicted octanol–water partition coefficient (Wildman–Crippen LogP) is 2.62. The Morgan fingerprint density at radius 1 is 1.42 bits per heavy atom. The zero-order valence-electron chi connectivity index (χ0n) is 7.66. The fourth-order valence-corrected chi connectivity index (χ4v) is 0.742. The van der Waals surface area contributed by atoms with E-state index < -0.39 is 5.97 Å². The van der Waals surface area contributed by atoms with E-state index in [4.69, 9.17) is 5.11 Å². The Hall–Kier alpha value is -1.05. The molecule has 0 bridgehead atoms. The molecule has 0 aliphatic carbocycles. The molecule has 0 fully saturated rings. The van der Waals surface area contributed by atoms with Crippen molar-refractivity contribution in [3.63, 3.8) is 0 Å². The van der Waals surface area contributed by atoms with Crippen LogP contribution in [0.25, 0.3) is 0 Å². The van der Waals surface area contributed by atoms with Crippen LogP contribution in [0.5, 0.6) is 0 Å². The van der Waals surface area contributed by atoms with E-state index in [1.807, 2.05) is 6.08 Å². The largest absolute Gasteiger partial charge is 0.478 e. The predicted molar refractivity (Wildman–Crippen MR) is 50.0 cm³/mol. The van der Waals surface area contributed by atoms with Gasteiger partial charge in [-0.05, 0) is 18.8 Å². The van der Waals surface area contributed by atoms with Gasteiger partial charge in [-0.1, -0.05) is 32.1 Å². The molecule has 0 unspecified atom stereocenters. The molecule has 0 aromatic heterocycles. The number of allylic oxidation sites excluding steroid dienone is 3. The Morgan fingerprint density at radius 3 is 2.58 bits per heavy atom. The number of carboxylic acids is 1. The average Bonchev–Trinajstić information content (AvgIpc) is 1.95. The summed E-state index contributed by atoms with van der Waals surface area (Å²) < 4.78 is 0. The smallest absolute Gasteiger partial charge is 0.328 e. The van der Waals surface area contributed by atoms with Gasteiger partial charge < -0.3 is 5.11 Å². The normalized spacial score (nSPS) is 11.9.